The summed E-state index contributed by atoms with van der Waals surface area (Å²) in [4.78, 5) is 2.27. The van der Waals surface area contributed by atoms with Crippen molar-refractivity contribution < 1.29 is 8.42 Å². The third-order valence-electron chi connectivity index (χ3n) is 3.60. The van der Waals surface area contributed by atoms with Crippen molar-refractivity contribution in [3.63, 3.8) is 0 Å². The van der Waals surface area contributed by atoms with Crippen molar-refractivity contribution in [2.45, 2.75) is 4.21 Å². The van der Waals surface area contributed by atoms with E-state index in [2.05, 4.69) is 14.9 Å². The second-order valence-corrected chi connectivity index (χ2v) is 8.17. The molecular weight excluding hydrogens is 306 g/mol. The van der Waals surface area contributed by atoms with Gasteiger partial charge >= 0.3 is 0 Å². The molecule has 1 saturated heterocycles. The van der Waals surface area contributed by atoms with Crippen LogP contribution in [-0.4, -0.2) is 52.6 Å². The molecule has 21 heavy (non-hydrogen) atoms. The van der Waals surface area contributed by atoms with E-state index in [1.54, 1.807) is 6.07 Å². The van der Waals surface area contributed by atoms with Crippen LogP contribution in [0.15, 0.2) is 34.5 Å². The Bertz CT molecular complexity index is 673. The second kappa shape index (κ2) is 6.41. The molecule has 0 spiro atoms. The number of nitrogens with one attached hydrogen (secondary N) is 2. The predicted octanol–water partition coefficient (Wildman–Crippen LogP) is 1.08. The van der Waals surface area contributed by atoms with Gasteiger partial charge in [-0.15, -0.1) is 11.3 Å². The van der Waals surface area contributed by atoms with E-state index < -0.39 is 10.0 Å². The van der Waals surface area contributed by atoms with Crippen LogP contribution in [0.2, 0.25) is 0 Å². The van der Waals surface area contributed by atoms with Crippen LogP contribution in [0.1, 0.15) is 0 Å². The molecular formula is C14H19N3O2S2. The molecule has 0 radical (unpaired) electrons. The maximum absolute atomic E-state index is 12.3. The molecule has 0 unspecified atom stereocenters. The second-order valence-electron chi connectivity index (χ2n) is 5.09. The lowest BCUT2D eigenvalue weighted by atomic mass is 10.3. The van der Waals surface area contributed by atoms with Gasteiger partial charge in [0.2, 0.25) is 10.0 Å². The highest BCUT2D eigenvalue weighted by Crippen LogP contribution is 2.28. The van der Waals surface area contributed by atoms with E-state index >= 15 is 0 Å². The maximum atomic E-state index is 12.3. The fraction of sp³-hybridized carbons (Fsp3) is 0.429. The first-order valence-electron chi connectivity index (χ1n) is 7.06. The van der Waals surface area contributed by atoms with Gasteiger partial charge in [-0.25, -0.2) is 13.1 Å². The molecule has 2 N–H and O–H groups in total. The van der Waals surface area contributed by atoms with E-state index in [4.69, 9.17) is 0 Å². The number of benzene rings is 1. The van der Waals surface area contributed by atoms with Gasteiger partial charge in [-0.3, -0.25) is 4.90 Å². The number of nitrogens with zero attached hydrogens (tertiary/aromatic N) is 1. The Morgan fingerprint density at radius 2 is 2.00 bits per heavy atom. The Hall–Kier alpha value is -0.990. The van der Waals surface area contributed by atoms with Gasteiger partial charge in [-0.1, -0.05) is 18.2 Å². The van der Waals surface area contributed by atoms with Gasteiger partial charge in [-0.05, 0) is 17.5 Å². The third-order valence-corrected chi connectivity index (χ3v) is 6.65. The SMILES string of the molecule is O=S(=O)(NCCN1CCNCC1)c1cc2ccccc2s1. The largest absolute Gasteiger partial charge is 0.314 e. The van der Waals surface area contributed by atoms with Crippen molar-refractivity contribution in [2.75, 3.05) is 39.3 Å². The summed E-state index contributed by atoms with van der Waals surface area (Å²) in [6, 6.07) is 9.47. The highest BCUT2D eigenvalue weighted by atomic mass is 32.2. The summed E-state index contributed by atoms with van der Waals surface area (Å²) >= 11 is 1.32. The van der Waals surface area contributed by atoms with Crippen molar-refractivity contribution in [3.8, 4) is 0 Å². The van der Waals surface area contributed by atoms with Crippen molar-refractivity contribution in [2.24, 2.45) is 0 Å². The molecule has 1 aromatic carbocycles. The van der Waals surface area contributed by atoms with Crippen molar-refractivity contribution >= 4 is 31.4 Å². The van der Waals surface area contributed by atoms with Gasteiger partial charge in [-0.2, -0.15) is 0 Å². The highest BCUT2D eigenvalue weighted by Gasteiger charge is 2.17. The monoisotopic (exact) mass is 325 g/mol. The summed E-state index contributed by atoms with van der Waals surface area (Å²) in [5.41, 5.74) is 0. The van der Waals surface area contributed by atoms with E-state index in [1.807, 2.05) is 24.3 Å². The third kappa shape index (κ3) is 3.61. The average molecular weight is 325 g/mol. The summed E-state index contributed by atoms with van der Waals surface area (Å²) < 4.78 is 28.7. The maximum Gasteiger partial charge on any atom is 0.250 e. The van der Waals surface area contributed by atoms with Crippen LogP contribution in [-0.2, 0) is 10.0 Å². The Morgan fingerprint density at radius 3 is 2.76 bits per heavy atom. The summed E-state index contributed by atoms with van der Waals surface area (Å²) in [6.45, 7) is 5.11. The molecule has 0 amide bonds. The molecule has 1 aliphatic heterocycles. The van der Waals surface area contributed by atoms with E-state index in [1.165, 1.54) is 11.3 Å². The number of piperazine rings is 1. The predicted molar refractivity (Wildman–Crippen MR) is 86.3 cm³/mol. The molecule has 114 valence electrons. The summed E-state index contributed by atoms with van der Waals surface area (Å²) in [5.74, 6) is 0. The number of rotatable bonds is 5. The summed E-state index contributed by atoms with van der Waals surface area (Å²) in [6.07, 6.45) is 0. The fourth-order valence-electron chi connectivity index (χ4n) is 2.43. The molecule has 7 heteroatoms. The fourth-order valence-corrected chi connectivity index (χ4v) is 4.90. The Kier molecular flexibility index (Phi) is 4.56. The van der Waals surface area contributed by atoms with Crippen molar-refractivity contribution in [1.82, 2.24) is 14.9 Å². The van der Waals surface area contributed by atoms with Gasteiger partial charge in [0.05, 0.1) is 0 Å². The zero-order valence-electron chi connectivity index (χ0n) is 11.7. The standard InChI is InChI=1S/C14H19N3O2S2/c18-21(19,16-7-10-17-8-5-15-6-9-17)14-11-12-3-1-2-4-13(12)20-14/h1-4,11,15-16H,5-10H2. The Labute approximate surface area is 129 Å². The molecule has 1 aromatic heterocycles. The summed E-state index contributed by atoms with van der Waals surface area (Å²) in [7, 11) is -3.40. The van der Waals surface area contributed by atoms with Crippen LogP contribution in [0.4, 0.5) is 0 Å². The van der Waals surface area contributed by atoms with Crippen LogP contribution in [0.3, 0.4) is 0 Å². The number of hydrogen-bond donors (Lipinski definition) is 2. The van der Waals surface area contributed by atoms with Crippen LogP contribution in [0.25, 0.3) is 10.1 Å². The van der Waals surface area contributed by atoms with Crippen LogP contribution >= 0.6 is 11.3 Å². The van der Waals surface area contributed by atoms with Gasteiger partial charge < -0.3 is 5.32 Å². The average Bonchev–Trinajstić information content (AvgIpc) is 2.93. The lowest BCUT2D eigenvalue weighted by Gasteiger charge is -2.26. The van der Waals surface area contributed by atoms with Crippen LogP contribution in [0.5, 0.6) is 0 Å². The van der Waals surface area contributed by atoms with Crippen LogP contribution < -0.4 is 10.0 Å². The first kappa shape index (κ1) is 14.9. The molecule has 2 aromatic rings. The van der Waals surface area contributed by atoms with Gasteiger partial charge in [0.1, 0.15) is 4.21 Å². The molecule has 3 rings (SSSR count). The van der Waals surface area contributed by atoms with E-state index in [9.17, 15) is 8.42 Å². The minimum absolute atomic E-state index is 0.393. The lowest BCUT2D eigenvalue weighted by molar-refractivity contribution is 0.245. The molecule has 1 fully saturated rings. The van der Waals surface area contributed by atoms with Crippen molar-refractivity contribution in [1.29, 1.82) is 0 Å². The van der Waals surface area contributed by atoms with E-state index in [-0.39, 0.29) is 0 Å². The van der Waals surface area contributed by atoms with Crippen LogP contribution in [0, 0.1) is 0 Å². The Balaban J connectivity index is 1.63. The molecule has 0 saturated carbocycles. The number of thiophene rings is 1. The minimum Gasteiger partial charge on any atom is -0.314 e. The topological polar surface area (TPSA) is 61.4 Å². The normalized spacial score (nSPS) is 17.3. The minimum atomic E-state index is -3.40. The Morgan fingerprint density at radius 1 is 1.24 bits per heavy atom. The number of sulfonamides is 1. The number of hydrogen-bond acceptors (Lipinski definition) is 5. The highest BCUT2D eigenvalue weighted by molar-refractivity contribution is 7.91. The summed E-state index contributed by atoms with van der Waals surface area (Å²) in [5, 5.41) is 4.26. The van der Waals surface area contributed by atoms with Gasteiger partial charge in [0.25, 0.3) is 0 Å². The smallest absolute Gasteiger partial charge is 0.250 e. The molecule has 0 aliphatic carbocycles. The number of fused-ring (bicyclic) bond motifs is 1. The molecule has 5 nitrogen and oxygen atoms in total. The molecule has 0 bridgehead atoms. The zero-order valence-corrected chi connectivity index (χ0v) is 13.3. The molecule has 0 atom stereocenters. The zero-order chi connectivity index (χ0) is 14.7. The first-order valence-corrected chi connectivity index (χ1v) is 9.36. The molecule has 1 aliphatic rings. The molecule has 2 heterocycles. The quantitative estimate of drug-likeness (QED) is 0.864. The van der Waals surface area contributed by atoms with Crippen molar-refractivity contribution in [3.05, 3.63) is 30.3 Å². The van der Waals surface area contributed by atoms with E-state index in [0.29, 0.717) is 10.8 Å². The first-order chi connectivity index (χ1) is 10.1. The van der Waals surface area contributed by atoms with Gasteiger partial charge in [0, 0.05) is 44.0 Å². The lowest BCUT2D eigenvalue weighted by Crippen LogP contribution is -2.46. The van der Waals surface area contributed by atoms with Gasteiger partial charge in [0.15, 0.2) is 0 Å². The van der Waals surface area contributed by atoms with E-state index in [0.717, 1.165) is 42.8 Å².